The van der Waals surface area contributed by atoms with Crippen molar-refractivity contribution in [1.82, 2.24) is 15.1 Å². The average molecular weight is 335 g/mol. The standard InChI is InChI=1S/C20H21N3O2/c1-13-10-14(2)23(22-13)18-7-4-3-6-15(18)12-21-20(24)17-11-16(17)19-8-5-9-25-19/h3-10,16-17H,11-12H2,1-2H3,(H,21,24)/t16-,17-/m0/s1. The van der Waals surface area contributed by atoms with Crippen molar-refractivity contribution in [3.8, 4) is 5.69 Å². The maximum absolute atomic E-state index is 12.4. The predicted octanol–water partition coefficient (Wildman–Crippen LogP) is 3.50. The van der Waals surface area contributed by atoms with Gasteiger partial charge in [-0.25, -0.2) is 4.68 Å². The van der Waals surface area contributed by atoms with E-state index in [4.69, 9.17) is 4.42 Å². The lowest BCUT2D eigenvalue weighted by Gasteiger charge is -2.12. The normalized spacial score (nSPS) is 19.0. The van der Waals surface area contributed by atoms with E-state index >= 15 is 0 Å². The molecule has 0 spiro atoms. The van der Waals surface area contributed by atoms with E-state index < -0.39 is 0 Å². The molecule has 2 heterocycles. The van der Waals surface area contributed by atoms with Gasteiger partial charge >= 0.3 is 0 Å². The molecule has 0 aliphatic heterocycles. The molecule has 1 aliphatic rings. The molecular formula is C20H21N3O2. The minimum atomic E-state index is 0.0204. The molecule has 1 N–H and O–H groups in total. The molecule has 25 heavy (non-hydrogen) atoms. The first kappa shape index (κ1) is 15.7. The van der Waals surface area contributed by atoms with E-state index in [9.17, 15) is 4.79 Å². The quantitative estimate of drug-likeness (QED) is 0.776. The number of hydrogen-bond acceptors (Lipinski definition) is 3. The molecule has 0 saturated heterocycles. The Morgan fingerprint density at radius 2 is 2.12 bits per heavy atom. The number of furan rings is 1. The van der Waals surface area contributed by atoms with E-state index in [0.29, 0.717) is 6.54 Å². The molecule has 0 unspecified atom stereocenters. The van der Waals surface area contributed by atoms with Crippen LogP contribution >= 0.6 is 0 Å². The second-order valence-corrected chi connectivity index (χ2v) is 6.65. The SMILES string of the molecule is Cc1cc(C)n(-c2ccccc2CNC(=O)[C@H]2C[C@@H]2c2ccco2)n1. The summed E-state index contributed by atoms with van der Waals surface area (Å²) in [7, 11) is 0. The molecule has 1 saturated carbocycles. The van der Waals surface area contributed by atoms with E-state index in [0.717, 1.165) is 34.8 Å². The lowest BCUT2D eigenvalue weighted by atomic mass is 10.1. The van der Waals surface area contributed by atoms with Gasteiger partial charge in [-0.05, 0) is 50.1 Å². The number of carbonyl (C=O) groups is 1. The van der Waals surface area contributed by atoms with Gasteiger partial charge in [-0.3, -0.25) is 4.79 Å². The molecule has 128 valence electrons. The summed E-state index contributed by atoms with van der Waals surface area (Å²) in [5.41, 5.74) is 4.12. The number of aromatic nitrogens is 2. The van der Waals surface area contributed by atoms with Crippen molar-refractivity contribution in [2.45, 2.75) is 32.7 Å². The first-order valence-corrected chi connectivity index (χ1v) is 8.56. The lowest BCUT2D eigenvalue weighted by molar-refractivity contribution is -0.122. The summed E-state index contributed by atoms with van der Waals surface area (Å²) in [5.74, 6) is 1.24. The van der Waals surface area contributed by atoms with E-state index in [1.54, 1.807) is 6.26 Å². The molecule has 0 bridgehead atoms. The van der Waals surface area contributed by atoms with E-state index in [1.807, 2.05) is 61.0 Å². The molecule has 2 atom stereocenters. The molecule has 4 rings (SSSR count). The van der Waals surface area contributed by atoms with Crippen LogP contribution < -0.4 is 5.32 Å². The average Bonchev–Trinajstić information content (AvgIpc) is 3.06. The van der Waals surface area contributed by atoms with Crippen LogP contribution in [0.4, 0.5) is 0 Å². The Hall–Kier alpha value is -2.82. The highest BCUT2D eigenvalue weighted by atomic mass is 16.3. The fourth-order valence-corrected chi connectivity index (χ4v) is 3.35. The van der Waals surface area contributed by atoms with Gasteiger partial charge in [0, 0.05) is 24.1 Å². The van der Waals surface area contributed by atoms with Crippen molar-refractivity contribution in [1.29, 1.82) is 0 Å². The van der Waals surface area contributed by atoms with Crippen LogP contribution in [0.2, 0.25) is 0 Å². The fraction of sp³-hybridized carbons (Fsp3) is 0.300. The van der Waals surface area contributed by atoms with Gasteiger partial charge in [-0.15, -0.1) is 0 Å². The van der Waals surface area contributed by atoms with Crippen molar-refractivity contribution < 1.29 is 9.21 Å². The van der Waals surface area contributed by atoms with Gasteiger partial charge in [0.05, 0.1) is 17.6 Å². The highest BCUT2D eigenvalue weighted by Gasteiger charge is 2.45. The number of para-hydroxylation sites is 1. The molecule has 0 radical (unpaired) electrons. The Labute approximate surface area is 146 Å². The predicted molar refractivity (Wildman–Crippen MR) is 94.4 cm³/mol. The monoisotopic (exact) mass is 335 g/mol. The number of hydrogen-bond donors (Lipinski definition) is 1. The Balaban J connectivity index is 1.45. The number of benzene rings is 1. The van der Waals surface area contributed by atoms with Crippen LogP contribution in [0.5, 0.6) is 0 Å². The number of nitrogens with zero attached hydrogens (tertiary/aromatic N) is 2. The molecule has 1 fully saturated rings. The summed E-state index contributed by atoms with van der Waals surface area (Å²) < 4.78 is 7.33. The summed E-state index contributed by atoms with van der Waals surface area (Å²) in [4.78, 5) is 12.4. The van der Waals surface area contributed by atoms with E-state index in [2.05, 4.69) is 10.4 Å². The summed E-state index contributed by atoms with van der Waals surface area (Å²) >= 11 is 0. The minimum Gasteiger partial charge on any atom is -0.469 e. The van der Waals surface area contributed by atoms with Gasteiger partial charge < -0.3 is 9.73 Å². The molecule has 1 aromatic carbocycles. The third-order valence-electron chi connectivity index (χ3n) is 4.72. The summed E-state index contributed by atoms with van der Waals surface area (Å²) in [5, 5.41) is 7.62. The van der Waals surface area contributed by atoms with E-state index in [-0.39, 0.29) is 17.7 Å². The van der Waals surface area contributed by atoms with Crippen molar-refractivity contribution in [3.63, 3.8) is 0 Å². The molecular weight excluding hydrogens is 314 g/mol. The van der Waals surface area contributed by atoms with Crippen molar-refractivity contribution in [2.75, 3.05) is 0 Å². The fourth-order valence-electron chi connectivity index (χ4n) is 3.35. The summed E-state index contributed by atoms with van der Waals surface area (Å²) in [6.07, 6.45) is 2.52. The highest BCUT2D eigenvalue weighted by Crippen LogP contribution is 2.47. The summed E-state index contributed by atoms with van der Waals surface area (Å²) in [6, 6.07) is 13.9. The largest absolute Gasteiger partial charge is 0.469 e. The first-order valence-electron chi connectivity index (χ1n) is 8.56. The van der Waals surface area contributed by atoms with Crippen LogP contribution in [-0.2, 0) is 11.3 Å². The van der Waals surface area contributed by atoms with Crippen molar-refractivity contribution in [3.05, 3.63) is 71.4 Å². The highest BCUT2D eigenvalue weighted by molar-refractivity contribution is 5.82. The zero-order valence-electron chi connectivity index (χ0n) is 14.4. The van der Waals surface area contributed by atoms with Crippen LogP contribution in [0.1, 0.15) is 35.1 Å². The summed E-state index contributed by atoms with van der Waals surface area (Å²) in [6.45, 7) is 4.51. The number of rotatable bonds is 5. The Morgan fingerprint density at radius 3 is 2.84 bits per heavy atom. The zero-order chi connectivity index (χ0) is 17.4. The molecule has 2 aromatic heterocycles. The Morgan fingerprint density at radius 1 is 1.28 bits per heavy atom. The van der Waals surface area contributed by atoms with Gasteiger partial charge in [0.2, 0.25) is 5.91 Å². The first-order chi connectivity index (χ1) is 12.1. The van der Waals surface area contributed by atoms with Crippen molar-refractivity contribution in [2.24, 2.45) is 5.92 Å². The maximum atomic E-state index is 12.4. The molecule has 5 heteroatoms. The smallest absolute Gasteiger partial charge is 0.224 e. The van der Waals surface area contributed by atoms with Gasteiger partial charge in [0.15, 0.2) is 0 Å². The van der Waals surface area contributed by atoms with Gasteiger partial charge in [0.25, 0.3) is 0 Å². The lowest BCUT2D eigenvalue weighted by Crippen LogP contribution is -2.25. The minimum absolute atomic E-state index is 0.0204. The number of nitrogens with one attached hydrogen (secondary N) is 1. The maximum Gasteiger partial charge on any atom is 0.224 e. The van der Waals surface area contributed by atoms with Crippen LogP contribution in [-0.4, -0.2) is 15.7 Å². The molecule has 1 aliphatic carbocycles. The number of aryl methyl sites for hydroxylation is 2. The molecule has 3 aromatic rings. The van der Waals surface area contributed by atoms with Crippen LogP contribution in [0, 0.1) is 19.8 Å². The van der Waals surface area contributed by atoms with Gasteiger partial charge in [-0.1, -0.05) is 18.2 Å². The Kier molecular flexibility index (Phi) is 3.92. The van der Waals surface area contributed by atoms with E-state index in [1.165, 1.54) is 0 Å². The second kappa shape index (κ2) is 6.24. The zero-order valence-corrected chi connectivity index (χ0v) is 14.4. The van der Waals surface area contributed by atoms with Gasteiger partial charge in [0.1, 0.15) is 5.76 Å². The van der Waals surface area contributed by atoms with Crippen LogP contribution in [0.3, 0.4) is 0 Å². The third kappa shape index (κ3) is 3.09. The van der Waals surface area contributed by atoms with Crippen LogP contribution in [0.15, 0.2) is 53.1 Å². The second-order valence-electron chi connectivity index (χ2n) is 6.65. The van der Waals surface area contributed by atoms with Gasteiger partial charge in [-0.2, -0.15) is 5.10 Å². The molecule has 1 amide bonds. The third-order valence-corrected chi connectivity index (χ3v) is 4.72. The number of carbonyl (C=O) groups excluding carboxylic acids is 1. The van der Waals surface area contributed by atoms with Crippen molar-refractivity contribution >= 4 is 5.91 Å². The number of amides is 1. The van der Waals surface area contributed by atoms with Crippen LogP contribution in [0.25, 0.3) is 5.69 Å². The topological polar surface area (TPSA) is 60.1 Å². The molecule has 5 nitrogen and oxygen atoms in total. The Bertz CT molecular complexity index is 896.